The molecule has 0 aliphatic heterocycles. The van der Waals surface area contributed by atoms with Crippen molar-refractivity contribution in [1.29, 1.82) is 0 Å². The van der Waals surface area contributed by atoms with E-state index in [1.165, 1.54) is 0 Å². The number of benzene rings is 1. The van der Waals surface area contributed by atoms with E-state index in [1.807, 2.05) is 37.4 Å². The molecule has 0 bridgehead atoms. The minimum Gasteiger partial charge on any atom is -0.339 e. The van der Waals surface area contributed by atoms with Crippen LogP contribution in [0, 0.1) is 0 Å². The lowest BCUT2D eigenvalue weighted by Crippen LogP contribution is -2.36. The molecule has 0 N–H and O–H groups in total. The Bertz CT molecular complexity index is 427. The molecule has 0 radical (unpaired) electrons. The van der Waals surface area contributed by atoms with Crippen LogP contribution in [0.2, 0.25) is 0 Å². The average Bonchev–Trinajstić information content (AvgIpc) is 2.63. The van der Waals surface area contributed by atoms with E-state index in [0.717, 1.165) is 24.8 Å². The molecule has 1 aromatic carbocycles. The molecule has 1 amide bonds. The summed E-state index contributed by atoms with van der Waals surface area (Å²) in [6.45, 7) is 0. The van der Waals surface area contributed by atoms with Crippen LogP contribution in [0.5, 0.6) is 0 Å². The summed E-state index contributed by atoms with van der Waals surface area (Å²) in [7, 11) is 1.84. The number of amides is 1. The second kappa shape index (κ2) is 5.80. The van der Waals surface area contributed by atoms with E-state index < -0.39 is 0 Å². The van der Waals surface area contributed by atoms with Gasteiger partial charge in [0.1, 0.15) is 5.78 Å². The summed E-state index contributed by atoms with van der Waals surface area (Å²) in [5.74, 6) is 0.382. The minimum atomic E-state index is 0.0509. The third-order valence-corrected chi connectivity index (χ3v) is 3.64. The van der Waals surface area contributed by atoms with E-state index in [0.29, 0.717) is 18.6 Å². The smallest absolute Gasteiger partial charge is 0.253 e. The molecule has 18 heavy (non-hydrogen) atoms. The maximum Gasteiger partial charge on any atom is 0.253 e. The molecule has 1 aliphatic rings. The van der Waals surface area contributed by atoms with Crippen LogP contribution in [0.15, 0.2) is 30.3 Å². The number of ketones is 1. The zero-order valence-corrected chi connectivity index (χ0v) is 10.8. The summed E-state index contributed by atoms with van der Waals surface area (Å²) in [4.78, 5) is 25.5. The highest BCUT2D eigenvalue weighted by Gasteiger charge is 2.23. The number of rotatable bonds is 2. The van der Waals surface area contributed by atoms with Crippen LogP contribution < -0.4 is 0 Å². The minimum absolute atomic E-state index is 0.0509. The van der Waals surface area contributed by atoms with Crippen molar-refractivity contribution < 1.29 is 9.59 Å². The lowest BCUT2D eigenvalue weighted by atomic mass is 10.1. The number of carbonyl (C=O) groups is 2. The summed E-state index contributed by atoms with van der Waals surface area (Å²) in [6, 6.07) is 9.52. The van der Waals surface area contributed by atoms with Crippen molar-refractivity contribution in [3.8, 4) is 0 Å². The van der Waals surface area contributed by atoms with E-state index in [-0.39, 0.29) is 11.9 Å². The Hall–Kier alpha value is -1.64. The molecule has 3 heteroatoms. The van der Waals surface area contributed by atoms with Gasteiger partial charge in [-0.2, -0.15) is 0 Å². The number of nitrogens with zero attached hydrogens (tertiary/aromatic N) is 1. The molecule has 1 atom stereocenters. The number of Topliss-reactive ketones (excluding diaryl/α,β-unsaturated/α-hetero) is 1. The van der Waals surface area contributed by atoms with Gasteiger partial charge in [-0.3, -0.25) is 9.59 Å². The van der Waals surface area contributed by atoms with Crippen molar-refractivity contribution in [2.75, 3.05) is 7.05 Å². The van der Waals surface area contributed by atoms with Crippen LogP contribution in [0.25, 0.3) is 0 Å². The second-order valence-electron chi connectivity index (χ2n) is 4.91. The zero-order chi connectivity index (χ0) is 13.0. The molecule has 1 aliphatic carbocycles. The molecule has 0 saturated heterocycles. The molecule has 96 valence electrons. The van der Waals surface area contributed by atoms with Gasteiger partial charge < -0.3 is 4.90 Å². The molecule has 1 unspecified atom stereocenters. The first-order valence-corrected chi connectivity index (χ1v) is 6.52. The Kier molecular flexibility index (Phi) is 4.13. The highest BCUT2D eigenvalue weighted by molar-refractivity contribution is 5.94. The fraction of sp³-hybridized carbons (Fsp3) is 0.467. The van der Waals surface area contributed by atoms with Crippen LogP contribution in [0.1, 0.15) is 42.5 Å². The van der Waals surface area contributed by atoms with Gasteiger partial charge in [-0.05, 0) is 31.4 Å². The first-order valence-electron chi connectivity index (χ1n) is 6.52. The van der Waals surface area contributed by atoms with Gasteiger partial charge in [0.05, 0.1) is 0 Å². The summed E-state index contributed by atoms with van der Waals surface area (Å²) in [5.41, 5.74) is 0.718. The molecule has 0 aromatic heterocycles. The lowest BCUT2D eigenvalue weighted by Gasteiger charge is -2.27. The Morgan fingerprint density at radius 1 is 1.17 bits per heavy atom. The standard InChI is InChI=1S/C15H19NO2/c1-16(13-8-5-9-14(17)11-10-13)15(18)12-6-3-2-4-7-12/h2-4,6-7,13H,5,8-11H2,1H3. The van der Waals surface area contributed by atoms with E-state index in [1.54, 1.807) is 4.90 Å². The fourth-order valence-corrected chi connectivity index (χ4v) is 2.47. The van der Waals surface area contributed by atoms with Crippen LogP contribution in [0.3, 0.4) is 0 Å². The van der Waals surface area contributed by atoms with E-state index in [2.05, 4.69) is 0 Å². The molecular formula is C15H19NO2. The summed E-state index contributed by atoms with van der Waals surface area (Å²) in [5, 5.41) is 0. The monoisotopic (exact) mass is 245 g/mol. The molecule has 0 spiro atoms. The van der Waals surface area contributed by atoms with Gasteiger partial charge in [-0.1, -0.05) is 18.2 Å². The Morgan fingerprint density at radius 3 is 2.61 bits per heavy atom. The SMILES string of the molecule is CN(C(=O)c1ccccc1)C1CCCC(=O)CC1. The van der Waals surface area contributed by atoms with Gasteiger partial charge in [0.2, 0.25) is 0 Å². The molecule has 0 heterocycles. The fourth-order valence-electron chi connectivity index (χ4n) is 2.47. The lowest BCUT2D eigenvalue weighted by molar-refractivity contribution is -0.118. The highest BCUT2D eigenvalue weighted by atomic mass is 16.2. The molecule has 3 nitrogen and oxygen atoms in total. The van der Waals surface area contributed by atoms with Gasteiger partial charge in [0.25, 0.3) is 5.91 Å². The maximum absolute atomic E-state index is 12.3. The number of carbonyl (C=O) groups excluding carboxylic acids is 2. The first kappa shape index (κ1) is 12.8. The van der Waals surface area contributed by atoms with Crippen molar-refractivity contribution >= 4 is 11.7 Å². The van der Waals surface area contributed by atoms with Crippen molar-refractivity contribution in [3.05, 3.63) is 35.9 Å². The quantitative estimate of drug-likeness (QED) is 0.751. The first-order chi connectivity index (χ1) is 8.68. The molecule has 1 saturated carbocycles. The van der Waals surface area contributed by atoms with E-state index >= 15 is 0 Å². The van der Waals surface area contributed by atoms with Crippen LogP contribution in [-0.2, 0) is 4.79 Å². The van der Waals surface area contributed by atoms with Gasteiger partial charge >= 0.3 is 0 Å². The summed E-state index contributed by atoms with van der Waals surface area (Å²) >= 11 is 0. The van der Waals surface area contributed by atoms with Crippen molar-refractivity contribution in [1.82, 2.24) is 4.90 Å². The molecule has 1 aromatic rings. The van der Waals surface area contributed by atoms with E-state index in [4.69, 9.17) is 0 Å². The predicted octanol–water partition coefficient (Wildman–Crippen LogP) is 2.66. The van der Waals surface area contributed by atoms with Crippen molar-refractivity contribution in [2.45, 2.75) is 38.1 Å². The molecular weight excluding hydrogens is 226 g/mol. The van der Waals surface area contributed by atoms with Gasteiger partial charge in [0, 0.05) is 31.5 Å². The largest absolute Gasteiger partial charge is 0.339 e. The predicted molar refractivity (Wildman–Crippen MR) is 70.4 cm³/mol. The van der Waals surface area contributed by atoms with E-state index in [9.17, 15) is 9.59 Å². The normalized spacial score (nSPS) is 20.3. The highest BCUT2D eigenvalue weighted by Crippen LogP contribution is 2.20. The zero-order valence-electron chi connectivity index (χ0n) is 10.8. The Balaban J connectivity index is 2.04. The molecule has 1 fully saturated rings. The molecule has 2 rings (SSSR count). The van der Waals surface area contributed by atoms with Crippen LogP contribution in [0.4, 0.5) is 0 Å². The van der Waals surface area contributed by atoms with Crippen molar-refractivity contribution in [3.63, 3.8) is 0 Å². The van der Waals surface area contributed by atoms with Gasteiger partial charge in [-0.25, -0.2) is 0 Å². The number of hydrogen-bond donors (Lipinski definition) is 0. The summed E-state index contributed by atoms with van der Waals surface area (Å²) in [6.07, 6.45) is 3.91. The van der Waals surface area contributed by atoms with Crippen LogP contribution >= 0.6 is 0 Å². The third kappa shape index (κ3) is 2.97. The summed E-state index contributed by atoms with van der Waals surface area (Å²) < 4.78 is 0. The van der Waals surface area contributed by atoms with Gasteiger partial charge in [-0.15, -0.1) is 0 Å². The van der Waals surface area contributed by atoms with Crippen LogP contribution in [-0.4, -0.2) is 29.7 Å². The van der Waals surface area contributed by atoms with Crippen molar-refractivity contribution in [2.24, 2.45) is 0 Å². The third-order valence-electron chi connectivity index (χ3n) is 3.64. The topological polar surface area (TPSA) is 37.4 Å². The second-order valence-corrected chi connectivity index (χ2v) is 4.91. The maximum atomic E-state index is 12.3. The van der Waals surface area contributed by atoms with Gasteiger partial charge in [0.15, 0.2) is 0 Å². The Morgan fingerprint density at radius 2 is 1.89 bits per heavy atom. The number of hydrogen-bond acceptors (Lipinski definition) is 2. The Labute approximate surface area is 108 Å². The average molecular weight is 245 g/mol.